The summed E-state index contributed by atoms with van der Waals surface area (Å²) in [7, 11) is 0. The molecule has 7 nitrogen and oxygen atoms in total. The van der Waals surface area contributed by atoms with Crippen LogP contribution in [0.15, 0.2) is 24.3 Å². The van der Waals surface area contributed by atoms with Crippen molar-refractivity contribution in [3.63, 3.8) is 0 Å². The van der Waals surface area contributed by atoms with Crippen molar-refractivity contribution in [2.75, 3.05) is 0 Å². The Bertz CT molecular complexity index is 815. The van der Waals surface area contributed by atoms with Crippen LogP contribution in [-0.2, 0) is 28.9 Å². The number of ether oxygens (including phenoxy) is 1. The number of esters is 1. The third-order valence-electron chi connectivity index (χ3n) is 3.52. The van der Waals surface area contributed by atoms with E-state index in [1.165, 1.54) is 32.0 Å². The lowest BCUT2D eigenvalue weighted by Crippen LogP contribution is -2.17. The molecule has 0 aliphatic heterocycles. The van der Waals surface area contributed by atoms with Gasteiger partial charge in [0.1, 0.15) is 24.5 Å². The van der Waals surface area contributed by atoms with Crippen LogP contribution < -0.4 is 0 Å². The highest BCUT2D eigenvalue weighted by molar-refractivity contribution is 5.69. The number of carbonyl (C=O) groups is 1. The predicted octanol–water partition coefficient (Wildman–Crippen LogP) is 3.17. The standard InChI is InChI=1S/C15H14F3N3O4/c1-9-14(21(23)24)10(2)20(19-9)7-13(22)25-8-11-5-3-4-6-12(11)15(16,17)18/h3-6H,7-8H2,1-2H3. The fraction of sp³-hybridized carbons (Fsp3) is 0.333. The zero-order valence-corrected chi connectivity index (χ0v) is 13.3. The van der Waals surface area contributed by atoms with E-state index < -0.39 is 35.8 Å². The molecule has 0 atom stereocenters. The number of rotatable bonds is 5. The van der Waals surface area contributed by atoms with Crippen LogP contribution in [0.4, 0.5) is 18.9 Å². The molecular formula is C15H14F3N3O4. The Morgan fingerprint density at radius 3 is 2.52 bits per heavy atom. The van der Waals surface area contributed by atoms with E-state index >= 15 is 0 Å². The summed E-state index contributed by atoms with van der Waals surface area (Å²) in [5.41, 5.74) is -0.977. The van der Waals surface area contributed by atoms with Gasteiger partial charge < -0.3 is 4.74 Å². The van der Waals surface area contributed by atoms with Crippen molar-refractivity contribution in [1.82, 2.24) is 9.78 Å². The van der Waals surface area contributed by atoms with E-state index in [0.29, 0.717) is 0 Å². The van der Waals surface area contributed by atoms with Gasteiger partial charge in [-0.2, -0.15) is 18.3 Å². The zero-order valence-electron chi connectivity index (χ0n) is 13.3. The molecule has 0 N–H and O–H groups in total. The Hall–Kier alpha value is -2.91. The molecule has 134 valence electrons. The van der Waals surface area contributed by atoms with Crippen LogP contribution in [0.25, 0.3) is 0 Å². The number of hydrogen-bond acceptors (Lipinski definition) is 5. The Kier molecular flexibility index (Phi) is 5.10. The van der Waals surface area contributed by atoms with Gasteiger partial charge in [-0.25, -0.2) is 0 Å². The maximum Gasteiger partial charge on any atom is 0.416 e. The van der Waals surface area contributed by atoms with E-state index in [1.54, 1.807) is 0 Å². The predicted molar refractivity (Wildman–Crippen MR) is 79.6 cm³/mol. The Morgan fingerprint density at radius 2 is 1.96 bits per heavy atom. The molecule has 0 spiro atoms. The van der Waals surface area contributed by atoms with E-state index in [0.717, 1.165) is 10.7 Å². The Morgan fingerprint density at radius 1 is 1.32 bits per heavy atom. The second kappa shape index (κ2) is 6.91. The second-order valence-corrected chi connectivity index (χ2v) is 5.25. The summed E-state index contributed by atoms with van der Waals surface area (Å²) < 4.78 is 44.6. The average Bonchev–Trinajstić information content (AvgIpc) is 2.78. The van der Waals surface area contributed by atoms with Crippen molar-refractivity contribution in [3.8, 4) is 0 Å². The molecule has 0 amide bonds. The van der Waals surface area contributed by atoms with Crippen molar-refractivity contribution in [3.05, 3.63) is 56.9 Å². The van der Waals surface area contributed by atoms with Gasteiger partial charge in [-0.15, -0.1) is 0 Å². The molecule has 1 aromatic heterocycles. The summed E-state index contributed by atoms with van der Waals surface area (Å²) >= 11 is 0. The van der Waals surface area contributed by atoms with Crippen LogP contribution in [0, 0.1) is 24.0 Å². The number of nitro groups is 1. The number of aryl methyl sites for hydroxylation is 1. The minimum atomic E-state index is -4.56. The average molecular weight is 357 g/mol. The molecule has 0 radical (unpaired) electrons. The molecule has 0 bridgehead atoms. The van der Waals surface area contributed by atoms with Crippen molar-refractivity contribution in [2.45, 2.75) is 33.2 Å². The van der Waals surface area contributed by atoms with E-state index in [9.17, 15) is 28.1 Å². The Balaban J connectivity index is 2.08. The van der Waals surface area contributed by atoms with Crippen molar-refractivity contribution in [1.29, 1.82) is 0 Å². The van der Waals surface area contributed by atoms with E-state index in [4.69, 9.17) is 4.74 Å². The van der Waals surface area contributed by atoms with Gasteiger partial charge in [0, 0.05) is 5.56 Å². The molecule has 2 aromatic rings. The largest absolute Gasteiger partial charge is 0.459 e. The molecule has 0 fully saturated rings. The van der Waals surface area contributed by atoms with E-state index in [2.05, 4.69) is 5.10 Å². The lowest BCUT2D eigenvalue weighted by Gasteiger charge is -2.13. The molecule has 2 rings (SSSR count). The van der Waals surface area contributed by atoms with Crippen LogP contribution >= 0.6 is 0 Å². The smallest absolute Gasteiger partial charge is 0.416 e. The van der Waals surface area contributed by atoms with Gasteiger partial charge in [-0.1, -0.05) is 18.2 Å². The van der Waals surface area contributed by atoms with Gasteiger partial charge in [-0.3, -0.25) is 19.6 Å². The summed E-state index contributed by atoms with van der Waals surface area (Å²) in [5.74, 6) is -0.850. The molecule has 0 unspecified atom stereocenters. The number of alkyl halides is 3. The van der Waals surface area contributed by atoms with Crippen molar-refractivity contribution >= 4 is 11.7 Å². The van der Waals surface area contributed by atoms with Crippen LogP contribution in [0.3, 0.4) is 0 Å². The van der Waals surface area contributed by atoms with Crippen molar-refractivity contribution < 1.29 is 27.6 Å². The molecule has 10 heteroatoms. The number of halogens is 3. The first-order chi connectivity index (χ1) is 11.6. The van der Waals surface area contributed by atoms with Crippen LogP contribution in [-0.4, -0.2) is 20.7 Å². The zero-order chi connectivity index (χ0) is 18.8. The molecule has 1 aromatic carbocycles. The monoisotopic (exact) mass is 357 g/mol. The summed E-state index contributed by atoms with van der Waals surface area (Å²) in [6.07, 6.45) is -4.56. The number of hydrogen-bond donors (Lipinski definition) is 0. The van der Waals surface area contributed by atoms with Crippen LogP contribution in [0.5, 0.6) is 0 Å². The highest BCUT2D eigenvalue weighted by atomic mass is 19.4. The maximum absolute atomic E-state index is 12.9. The lowest BCUT2D eigenvalue weighted by molar-refractivity contribution is -0.386. The normalized spacial score (nSPS) is 11.4. The number of nitrogens with zero attached hydrogens (tertiary/aromatic N) is 3. The molecule has 0 aliphatic carbocycles. The van der Waals surface area contributed by atoms with Crippen LogP contribution in [0.1, 0.15) is 22.5 Å². The molecule has 1 heterocycles. The molecule has 0 saturated carbocycles. The first-order valence-electron chi connectivity index (χ1n) is 7.10. The van der Waals surface area contributed by atoms with E-state index in [-0.39, 0.29) is 22.6 Å². The molecule has 0 aliphatic rings. The molecular weight excluding hydrogens is 343 g/mol. The first-order valence-corrected chi connectivity index (χ1v) is 7.10. The summed E-state index contributed by atoms with van der Waals surface area (Å²) in [5, 5.41) is 14.8. The third-order valence-corrected chi connectivity index (χ3v) is 3.52. The molecule has 0 saturated heterocycles. The topological polar surface area (TPSA) is 87.3 Å². The quantitative estimate of drug-likeness (QED) is 0.466. The van der Waals surface area contributed by atoms with Gasteiger partial charge in [0.25, 0.3) is 0 Å². The van der Waals surface area contributed by atoms with E-state index in [1.807, 2.05) is 0 Å². The lowest BCUT2D eigenvalue weighted by atomic mass is 10.1. The summed E-state index contributed by atoms with van der Waals surface area (Å²) in [6.45, 7) is 1.85. The summed E-state index contributed by atoms with van der Waals surface area (Å²) in [4.78, 5) is 22.2. The number of carbonyl (C=O) groups excluding carboxylic acids is 1. The fourth-order valence-corrected chi connectivity index (χ4v) is 2.35. The minimum absolute atomic E-state index is 0.137. The second-order valence-electron chi connectivity index (χ2n) is 5.25. The number of aromatic nitrogens is 2. The third kappa shape index (κ3) is 4.14. The van der Waals surface area contributed by atoms with Gasteiger partial charge in [-0.05, 0) is 19.9 Å². The number of benzene rings is 1. The Labute approximate surface area is 140 Å². The highest BCUT2D eigenvalue weighted by Gasteiger charge is 2.33. The first kappa shape index (κ1) is 18.4. The van der Waals surface area contributed by atoms with Gasteiger partial charge >= 0.3 is 17.8 Å². The molecule has 25 heavy (non-hydrogen) atoms. The van der Waals surface area contributed by atoms with Gasteiger partial charge in [0.15, 0.2) is 0 Å². The fourth-order valence-electron chi connectivity index (χ4n) is 2.35. The van der Waals surface area contributed by atoms with Gasteiger partial charge in [0.2, 0.25) is 0 Å². The van der Waals surface area contributed by atoms with Gasteiger partial charge in [0.05, 0.1) is 10.5 Å². The highest BCUT2D eigenvalue weighted by Crippen LogP contribution is 2.32. The maximum atomic E-state index is 12.9. The SMILES string of the molecule is Cc1nn(CC(=O)OCc2ccccc2C(F)(F)F)c(C)c1[N+](=O)[O-]. The minimum Gasteiger partial charge on any atom is -0.459 e. The summed E-state index contributed by atoms with van der Waals surface area (Å²) in [6, 6.07) is 4.75. The van der Waals surface area contributed by atoms with Crippen molar-refractivity contribution in [2.24, 2.45) is 0 Å². The van der Waals surface area contributed by atoms with Crippen LogP contribution in [0.2, 0.25) is 0 Å².